The predicted octanol–water partition coefficient (Wildman–Crippen LogP) is 1.64. The fourth-order valence-corrected chi connectivity index (χ4v) is 1.36. The summed E-state index contributed by atoms with van der Waals surface area (Å²) >= 11 is 0. The van der Waals surface area contributed by atoms with Gasteiger partial charge in [0, 0.05) is 0 Å². The molecule has 1 aliphatic rings. The molecule has 72 valence electrons. The van der Waals surface area contributed by atoms with Crippen molar-refractivity contribution in [3.8, 4) is 5.75 Å². The smallest absolute Gasteiger partial charge is 0.203 e. The standard InChI is InChI=1S/C11H10O3/c1-13-9-4-2-3-8(5-9)10-6-14-7-11(10)12/h2-6H,7H2,1H3. The summed E-state index contributed by atoms with van der Waals surface area (Å²) in [5, 5.41) is 0. The Bertz CT molecular complexity index is 393. The molecule has 0 atom stereocenters. The first-order valence-corrected chi connectivity index (χ1v) is 4.30. The van der Waals surface area contributed by atoms with Crippen LogP contribution in [0.1, 0.15) is 5.56 Å². The minimum Gasteiger partial charge on any atom is -0.497 e. The van der Waals surface area contributed by atoms with Gasteiger partial charge in [0.1, 0.15) is 5.75 Å². The highest BCUT2D eigenvalue weighted by Crippen LogP contribution is 2.23. The molecule has 0 N–H and O–H groups in total. The zero-order chi connectivity index (χ0) is 9.97. The van der Waals surface area contributed by atoms with Crippen LogP contribution in [0, 0.1) is 0 Å². The molecule has 0 saturated carbocycles. The Labute approximate surface area is 81.9 Å². The first-order chi connectivity index (χ1) is 6.81. The number of Topliss-reactive ketones (excluding diaryl/α,β-unsaturated/α-hetero) is 1. The van der Waals surface area contributed by atoms with Gasteiger partial charge in [0.05, 0.1) is 18.9 Å². The molecule has 0 aliphatic carbocycles. The van der Waals surface area contributed by atoms with Crippen LogP contribution in [0.5, 0.6) is 5.75 Å². The number of ketones is 1. The number of carbonyl (C=O) groups excluding carboxylic acids is 1. The third-order valence-electron chi connectivity index (χ3n) is 2.10. The summed E-state index contributed by atoms with van der Waals surface area (Å²) in [4.78, 5) is 11.3. The van der Waals surface area contributed by atoms with E-state index in [1.54, 1.807) is 7.11 Å². The van der Waals surface area contributed by atoms with E-state index < -0.39 is 0 Å². The van der Waals surface area contributed by atoms with E-state index >= 15 is 0 Å². The average molecular weight is 190 g/mol. The van der Waals surface area contributed by atoms with Crippen LogP contribution < -0.4 is 4.74 Å². The van der Waals surface area contributed by atoms with Gasteiger partial charge in [-0.15, -0.1) is 0 Å². The number of benzene rings is 1. The maximum Gasteiger partial charge on any atom is 0.203 e. The second-order valence-corrected chi connectivity index (χ2v) is 3.00. The molecule has 1 aromatic carbocycles. The monoisotopic (exact) mass is 190 g/mol. The lowest BCUT2D eigenvalue weighted by Crippen LogP contribution is -2.00. The van der Waals surface area contributed by atoms with Gasteiger partial charge in [-0.3, -0.25) is 4.79 Å². The minimum atomic E-state index is 0.0123. The molecule has 0 radical (unpaired) electrons. The molecule has 1 aliphatic heterocycles. The molecule has 3 heteroatoms. The van der Waals surface area contributed by atoms with E-state index in [0.717, 1.165) is 11.3 Å². The van der Waals surface area contributed by atoms with E-state index in [1.807, 2.05) is 24.3 Å². The van der Waals surface area contributed by atoms with E-state index in [4.69, 9.17) is 9.47 Å². The summed E-state index contributed by atoms with van der Waals surface area (Å²) in [5.74, 6) is 0.751. The van der Waals surface area contributed by atoms with Crippen molar-refractivity contribution in [1.29, 1.82) is 0 Å². The van der Waals surface area contributed by atoms with Gasteiger partial charge >= 0.3 is 0 Å². The van der Waals surface area contributed by atoms with Crippen LogP contribution in [0.15, 0.2) is 30.5 Å². The van der Waals surface area contributed by atoms with E-state index in [0.29, 0.717) is 5.57 Å². The minimum absolute atomic E-state index is 0.0123. The summed E-state index contributed by atoms with van der Waals surface area (Å²) in [6, 6.07) is 7.37. The van der Waals surface area contributed by atoms with Crippen LogP contribution in [0.2, 0.25) is 0 Å². The van der Waals surface area contributed by atoms with E-state index in [1.165, 1.54) is 6.26 Å². The molecule has 0 bridgehead atoms. The molecule has 0 aromatic heterocycles. The number of rotatable bonds is 2. The quantitative estimate of drug-likeness (QED) is 0.711. The zero-order valence-corrected chi connectivity index (χ0v) is 7.82. The van der Waals surface area contributed by atoms with Gasteiger partial charge in [0.25, 0.3) is 0 Å². The van der Waals surface area contributed by atoms with Gasteiger partial charge in [-0.1, -0.05) is 12.1 Å². The summed E-state index contributed by atoms with van der Waals surface area (Å²) in [6.07, 6.45) is 1.50. The maximum atomic E-state index is 11.3. The van der Waals surface area contributed by atoms with Crippen molar-refractivity contribution >= 4 is 11.4 Å². The molecule has 14 heavy (non-hydrogen) atoms. The van der Waals surface area contributed by atoms with Crippen LogP contribution in [-0.2, 0) is 9.53 Å². The molecule has 0 fully saturated rings. The highest BCUT2D eigenvalue weighted by molar-refractivity contribution is 6.22. The predicted molar refractivity (Wildman–Crippen MR) is 51.9 cm³/mol. The van der Waals surface area contributed by atoms with Crippen molar-refractivity contribution < 1.29 is 14.3 Å². The largest absolute Gasteiger partial charge is 0.497 e. The van der Waals surface area contributed by atoms with Crippen molar-refractivity contribution in [2.75, 3.05) is 13.7 Å². The second kappa shape index (κ2) is 3.54. The Kier molecular flexibility index (Phi) is 2.23. The topological polar surface area (TPSA) is 35.5 Å². The number of methoxy groups -OCH3 is 1. The van der Waals surface area contributed by atoms with Gasteiger partial charge in [0.15, 0.2) is 6.61 Å². The Morgan fingerprint density at radius 1 is 1.43 bits per heavy atom. The molecule has 0 unspecified atom stereocenters. The van der Waals surface area contributed by atoms with Crippen LogP contribution in [0.25, 0.3) is 5.57 Å². The molecule has 0 spiro atoms. The van der Waals surface area contributed by atoms with Gasteiger partial charge < -0.3 is 9.47 Å². The third kappa shape index (κ3) is 1.48. The molecule has 1 heterocycles. The molecule has 0 saturated heterocycles. The molecular formula is C11H10O3. The molecular weight excluding hydrogens is 180 g/mol. The summed E-state index contributed by atoms with van der Waals surface area (Å²) in [6.45, 7) is 0.145. The van der Waals surface area contributed by atoms with Crippen LogP contribution in [0.4, 0.5) is 0 Å². The first kappa shape index (κ1) is 8.81. The number of hydrogen-bond donors (Lipinski definition) is 0. The highest BCUT2D eigenvalue weighted by Gasteiger charge is 2.18. The third-order valence-corrected chi connectivity index (χ3v) is 2.10. The van der Waals surface area contributed by atoms with Crippen molar-refractivity contribution in [2.45, 2.75) is 0 Å². The number of ether oxygens (including phenoxy) is 2. The lowest BCUT2D eigenvalue weighted by molar-refractivity contribution is -0.115. The second-order valence-electron chi connectivity index (χ2n) is 3.00. The van der Waals surface area contributed by atoms with Gasteiger partial charge in [-0.05, 0) is 17.7 Å². The summed E-state index contributed by atoms with van der Waals surface area (Å²) in [5.41, 5.74) is 1.45. The van der Waals surface area contributed by atoms with E-state index in [-0.39, 0.29) is 12.4 Å². The Morgan fingerprint density at radius 2 is 2.29 bits per heavy atom. The van der Waals surface area contributed by atoms with Crippen molar-refractivity contribution in [2.24, 2.45) is 0 Å². The molecule has 0 amide bonds. The summed E-state index contributed by atoms with van der Waals surface area (Å²) in [7, 11) is 1.60. The van der Waals surface area contributed by atoms with Crippen molar-refractivity contribution in [1.82, 2.24) is 0 Å². The normalized spacial score (nSPS) is 14.9. The van der Waals surface area contributed by atoms with Gasteiger partial charge in [-0.2, -0.15) is 0 Å². The van der Waals surface area contributed by atoms with Crippen LogP contribution in [0.3, 0.4) is 0 Å². The maximum absolute atomic E-state index is 11.3. The highest BCUT2D eigenvalue weighted by atomic mass is 16.5. The van der Waals surface area contributed by atoms with Crippen molar-refractivity contribution in [3.05, 3.63) is 36.1 Å². The van der Waals surface area contributed by atoms with Crippen molar-refractivity contribution in [3.63, 3.8) is 0 Å². The Hall–Kier alpha value is -1.77. The fraction of sp³-hybridized carbons (Fsp3) is 0.182. The first-order valence-electron chi connectivity index (χ1n) is 4.30. The fourth-order valence-electron chi connectivity index (χ4n) is 1.36. The lowest BCUT2D eigenvalue weighted by atomic mass is 10.0. The average Bonchev–Trinajstić information content (AvgIpc) is 2.65. The van der Waals surface area contributed by atoms with Crippen LogP contribution in [-0.4, -0.2) is 19.5 Å². The Morgan fingerprint density at radius 3 is 2.93 bits per heavy atom. The Balaban J connectivity index is 2.36. The lowest BCUT2D eigenvalue weighted by Gasteiger charge is -2.02. The number of hydrogen-bond acceptors (Lipinski definition) is 3. The molecule has 3 nitrogen and oxygen atoms in total. The van der Waals surface area contributed by atoms with E-state index in [9.17, 15) is 4.79 Å². The SMILES string of the molecule is COc1cccc(C2=COCC2=O)c1. The molecule has 2 rings (SSSR count). The van der Waals surface area contributed by atoms with Crippen LogP contribution >= 0.6 is 0 Å². The zero-order valence-electron chi connectivity index (χ0n) is 7.82. The molecule has 1 aromatic rings. The number of carbonyl (C=O) groups is 1. The summed E-state index contributed by atoms with van der Waals surface area (Å²) < 4.78 is 10.0. The van der Waals surface area contributed by atoms with E-state index in [2.05, 4.69) is 0 Å². The van der Waals surface area contributed by atoms with Gasteiger partial charge in [0.2, 0.25) is 5.78 Å². The van der Waals surface area contributed by atoms with Gasteiger partial charge in [-0.25, -0.2) is 0 Å².